The van der Waals surface area contributed by atoms with Crippen LogP contribution < -0.4 is 0 Å². The Balaban J connectivity index is 2.06. The first kappa shape index (κ1) is 18.3. The lowest BCUT2D eigenvalue weighted by molar-refractivity contribution is -0.146. The van der Waals surface area contributed by atoms with E-state index in [0.29, 0.717) is 19.6 Å². The summed E-state index contributed by atoms with van der Waals surface area (Å²) >= 11 is 0. The Morgan fingerprint density at radius 2 is 2.08 bits per heavy atom. The molecule has 1 unspecified atom stereocenters. The molecule has 1 aliphatic heterocycles. The summed E-state index contributed by atoms with van der Waals surface area (Å²) in [6.45, 7) is 9.63. The maximum Gasteiger partial charge on any atom is 0.410 e. The maximum absolute atomic E-state index is 12.2. The van der Waals surface area contributed by atoms with Gasteiger partial charge in [-0.2, -0.15) is 0 Å². The lowest BCUT2D eigenvalue weighted by atomic mass is 10.1. The SMILES string of the molecule is CCn1ccnc1CN1CCN(C(=O)OC(C)(C)C)CC1C(=O)O. The minimum atomic E-state index is -0.946. The van der Waals surface area contributed by atoms with E-state index in [1.165, 1.54) is 4.90 Å². The van der Waals surface area contributed by atoms with Crippen molar-refractivity contribution in [3.63, 3.8) is 0 Å². The van der Waals surface area contributed by atoms with E-state index in [-0.39, 0.29) is 6.54 Å². The van der Waals surface area contributed by atoms with Crippen molar-refractivity contribution in [2.75, 3.05) is 19.6 Å². The summed E-state index contributed by atoms with van der Waals surface area (Å²) in [6.07, 6.45) is 3.12. The number of nitrogens with zero attached hydrogens (tertiary/aromatic N) is 4. The van der Waals surface area contributed by atoms with E-state index in [0.717, 1.165) is 12.4 Å². The maximum atomic E-state index is 12.2. The van der Waals surface area contributed by atoms with Gasteiger partial charge in [-0.15, -0.1) is 0 Å². The molecule has 1 amide bonds. The molecule has 0 spiro atoms. The lowest BCUT2D eigenvalue weighted by Crippen LogP contribution is -2.58. The quantitative estimate of drug-likeness (QED) is 0.893. The topological polar surface area (TPSA) is 87.9 Å². The fraction of sp³-hybridized carbons (Fsp3) is 0.688. The van der Waals surface area contributed by atoms with Crippen molar-refractivity contribution in [2.24, 2.45) is 0 Å². The molecule has 0 aliphatic carbocycles. The zero-order chi connectivity index (χ0) is 17.9. The number of hydrogen-bond donors (Lipinski definition) is 1. The first-order chi connectivity index (χ1) is 11.2. The number of hydrogen-bond acceptors (Lipinski definition) is 5. The van der Waals surface area contributed by atoms with Gasteiger partial charge in [0.2, 0.25) is 0 Å². The number of rotatable bonds is 4. The van der Waals surface area contributed by atoms with Crippen LogP contribution in [0.5, 0.6) is 0 Å². The zero-order valence-electron chi connectivity index (χ0n) is 14.7. The molecule has 1 saturated heterocycles. The number of amides is 1. The van der Waals surface area contributed by atoms with Crippen molar-refractivity contribution in [1.82, 2.24) is 19.4 Å². The molecule has 24 heavy (non-hydrogen) atoms. The summed E-state index contributed by atoms with van der Waals surface area (Å²) in [5, 5.41) is 9.55. The summed E-state index contributed by atoms with van der Waals surface area (Å²) < 4.78 is 7.33. The van der Waals surface area contributed by atoms with Gasteiger partial charge in [-0.05, 0) is 27.7 Å². The van der Waals surface area contributed by atoms with Crippen LogP contribution >= 0.6 is 0 Å². The van der Waals surface area contributed by atoms with Crippen LogP contribution in [0, 0.1) is 0 Å². The highest BCUT2D eigenvalue weighted by molar-refractivity contribution is 5.76. The highest BCUT2D eigenvalue weighted by Crippen LogP contribution is 2.17. The monoisotopic (exact) mass is 338 g/mol. The van der Waals surface area contributed by atoms with Crippen molar-refractivity contribution in [3.8, 4) is 0 Å². The van der Waals surface area contributed by atoms with E-state index in [1.807, 2.05) is 22.6 Å². The third kappa shape index (κ3) is 4.47. The number of aryl methyl sites for hydroxylation is 1. The molecule has 1 aromatic rings. The van der Waals surface area contributed by atoms with Crippen molar-refractivity contribution >= 4 is 12.1 Å². The van der Waals surface area contributed by atoms with Crippen LogP contribution in [0.4, 0.5) is 4.79 Å². The van der Waals surface area contributed by atoms with Gasteiger partial charge >= 0.3 is 12.1 Å². The molecule has 1 fully saturated rings. The van der Waals surface area contributed by atoms with Crippen molar-refractivity contribution in [3.05, 3.63) is 18.2 Å². The Kier molecular flexibility index (Phi) is 5.48. The second kappa shape index (κ2) is 7.21. The first-order valence-corrected chi connectivity index (χ1v) is 8.16. The highest BCUT2D eigenvalue weighted by atomic mass is 16.6. The molecule has 2 heterocycles. The molecule has 8 heteroatoms. The molecule has 0 aromatic carbocycles. The van der Waals surface area contributed by atoms with Gasteiger partial charge in [0.25, 0.3) is 0 Å². The molecule has 8 nitrogen and oxygen atoms in total. The van der Waals surface area contributed by atoms with Gasteiger partial charge in [-0.1, -0.05) is 0 Å². The molecular weight excluding hydrogens is 312 g/mol. The van der Waals surface area contributed by atoms with Gasteiger partial charge in [-0.3, -0.25) is 9.69 Å². The predicted octanol–water partition coefficient (Wildman–Crippen LogP) is 1.41. The summed E-state index contributed by atoms with van der Waals surface area (Å²) in [5.74, 6) is -0.118. The number of piperazine rings is 1. The van der Waals surface area contributed by atoms with E-state index in [4.69, 9.17) is 4.74 Å². The van der Waals surface area contributed by atoms with Gasteiger partial charge < -0.3 is 19.3 Å². The Morgan fingerprint density at radius 1 is 1.38 bits per heavy atom. The van der Waals surface area contributed by atoms with E-state index in [2.05, 4.69) is 4.98 Å². The number of carboxylic acid groups (broad SMARTS) is 1. The standard InChI is InChI=1S/C16H26N4O4/c1-5-18-7-6-17-13(18)11-19-8-9-20(10-12(19)14(21)22)15(23)24-16(2,3)4/h6-7,12H,5,8-11H2,1-4H3,(H,21,22). The van der Waals surface area contributed by atoms with E-state index in [9.17, 15) is 14.7 Å². The van der Waals surface area contributed by atoms with Crippen LogP contribution in [0.1, 0.15) is 33.5 Å². The second-order valence-electron chi connectivity index (χ2n) is 6.88. The van der Waals surface area contributed by atoms with E-state index >= 15 is 0 Å². The summed E-state index contributed by atoms with van der Waals surface area (Å²) in [4.78, 5) is 31.4. The molecule has 0 bridgehead atoms. The molecule has 0 saturated carbocycles. The first-order valence-electron chi connectivity index (χ1n) is 8.16. The largest absolute Gasteiger partial charge is 0.480 e. The van der Waals surface area contributed by atoms with E-state index < -0.39 is 23.7 Å². The van der Waals surface area contributed by atoms with Crippen molar-refractivity contribution in [2.45, 2.75) is 52.4 Å². The number of aliphatic carboxylic acids is 1. The predicted molar refractivity (Wildman–Crippen MR) is 87.5 cm³/mol. The fourth-order valence-electron chi connectivity index (χ4n) is 2.70. The third-order valence-electron chi connectivity index (χ3n) is 3.91. The molecule has 1 aliphatic rings. The van der Waals surface area contributed by atoms with Crippen LogP contribution in [-0.4, -0.2) is 67.8 Å². The minimum Gasteiger partial charge on any atom is -0.480 e. The summed E-state index contributed by atoms with van der Waals surface area (Å²) in [6, 6.07) is -0.770. The number of carboxylic acids is 1. The molecule has 1 atom stereocenters. The Labute approximate surface area is 142 Å². The number of imidazole rings is 1. The fourth-order valence-corrected chi connectivity index (χ4v) is 2.70. The highest BCUT2D eigenvalue weighted by Gasteiger charge is 2.36. The minimum absolute atomic E-state index is 0.108. The van der Waals surface area contributed by atoms with Crippen LogP contribution in [0.15, 0.2) is 12.4 Å². The molecule has 0 radical (unpaired) electrons. The summed E-state index contributed by atoms with van der Waals surface area (Å²) in [7, 11) is 0. The van der Waals surface area contributed by atoms with Crippen LogP contribution in [-0.2, 0) is 22.6 Å². The Hall–Kier alpha value is -2.09. The average Bonchev–Trinajstić information content (AvgIpc) is 2.92. The van der Waals surface area contributed by atoms with Gasteiger partial charge in [0, 0.05) is 32.0 Å². The van der Waals surface area contributed by atoms with Crippen LogP contribution in [0.25, 0.3) is 0 Å². The molecule has 134 valence electrons. The van der Waals surface area contributed by atoms with Gasteiger partial charge in [-0.25, -0.2) is 9.78 Å². The van der Waals surface area contributed by atoms with Gasteiger partial charge in [0.15, 0.2) is 0 Å². The van der Waals surface area contributed by atoms with Gasteiger partial charge in [0.1, 0.15) is 17.5 Å². The Bertz CT molecular complexity index is 593. The Morgan fingerprint density at radius 3 is 2.67 bits per heavy atom. The van der Waals surface area contributed by atoms with Crippen molar-refractivity contribution < 1.29 is 19.4 Å². The summed E-state index contributed by atoms with van der Waals surface area (Å²) in [5.41, 5.74) is -0.598. The average molecular weight is 338 g/mol. The number of carbonyl (C=O) groups is 2. The second-order valence-corrected chi connectivity index (χ2v) is 6.88. The lowest BCUT2D eigenvalue weighted by Gasteiger charge is -2.39. The van der Waals surface area contributed by atoms with Crippen LogP contribution in [0.2, 0.25) is 0 Å². The van der Waals surface area contributed by atoms with Crippen LogP contribution in [0.3, 0.4) is 0 Å². The number of ether oxygens (including phenoxy) is 1. The van der Waals surface area contributed by atoms with Gasteiger partial charge in [0.05, 0.1) is 13.1 Å². The molecule has 2 rings (SSSR count). The number of aromatic nitrogens is 2. The molecule has 1 N–H and O–H groups in total. The van der Waals surface area contributed by atoms with E-state index in [1.54, 1.807) is 27.0 Å². The molecular formula is C16H26N4O4. The third-order valence-corrected chi connectivity index (χ3v) is 3.91. The normalized spacial score (nSPS) is 19.3. The smallest absolute Gasteiger partial charge is 0.410 e. The zero-order valence-corrected chi connectivity index (χ0v) is 14.7. The molecule has 1 aromatic heterocycles. The van der Waals surface area contributed by atoms with Crippen molar-refractivity contribution in [1.29, 1.82) is 0 Å². The number of carbonyl (C=O) groups excluding carboxylic acids is 1.